The number of fused-ring (bicyclic) bond motifs is 1. The molecule has 0 bridgehead atoms. The number of rotatable bonds is 5. The van der Waals surface area contributed by atoms with Crippen LogP contribution in [0.2, 0.25) is 5.02 Å². The molecule has 0 aliphatic carbocycles. The van der Waals surface area contributed by atoms with E-state index in [2.05, 4.69) is 64.8 Å². The maximum absolute atomic E-state index is 5.92. The number of aromatic nitrogens is 2. The molecule has 26 heavy (non-hydrogen) atoms. The quantitative estimate of drug-likeness (QED) is 0.572. The van der Waals surface area contributed by atoms with Crippen LogP contribution in [0.25, 0.3) is 22.2 Å². The summed E-state index contributed by atoms with van der Waals surface area (Å²) in [4.78, 5) is 4.49. The standard InChI is InChI=1S/C21H18ClN3O/c1-14(18-8-4-6-15-5-2-3-7-19(15)18)23-13-20-24-21(25-26-20)16-9-11-17(22)12-10-16/h2-12,14,23H,13H2,1H3/p+1/t14-/m1/s1. The van der Waals surface area contributed by atoms with Crippen LogP contribution in [0.4, 0.5) is 0 Å². The molecule has 0 amide bonds. The molecule has 0 aliphatic rings. The number of quaternary nitrogens is 1. The minimum Gasteiger partial charge on any atom is -0.333 e. The van der Waals surface area contributed by atoms with E-state index in [0.717, 1.165) is 5.56 Å². The van der Waals surface area contributed by atoms with Gasteiger partial charge < -0.3 is 9.84 Å². The normalized spacial score (nSPS) is 12.4. The SMILES string of the molecule is C[C@@H]([NH2+]Cc1nc(-c2ccc(Cl)cc2)no1)c1cccc2ccccc12. The van der Waals surface area contributed by atoms with Crippen LogP contribution in [0.1, 0.15) is 24.4 Å². The zero-order valence-corrected chi connectivity index (χ0v) is 15.1. The number of halogens is 1. The van der Waals surface area contributed by atoms with Crippen LogP contribution in [0.5, 0.6) is 0 Å². The van der Waals surface area contributed by atoms with Gasteiger partial charge in [-0.3, -0.25) is 0 Å². The molecule has 0 fully saturated rings. The Morgan fingerprint density at radius 1 is 1.00 bits per heavy atom. The lowest BCUT2D eigenvalue weighted by molar-refractivity contribution is -0.709. The molecular weight excluding hydrogens is 346 g/mol. The second-order valence-corrected chi connectivity index (χ2v) is 6.75. The molecule has 4 nitrogen and oxygen atoms in total. The fourth-order valence-electron chi connectivity index (χ4n) is 3.11. The van der Waals surface area contributed by atoms with Crippen molar-refractivity contribution in [3.63, 3.8) is 0 Å². The van der Waals surface area contributed by atoms with Gasteiger partial charge in [0.25, 0.3) is 5.89 Å². The molecule has 2 N–H and O–H groups in total. The monoisotopic (exact) mass is 364 g/mol. The van der Waals surface area contributed by atoms with Crippen molar-refractivity contribution in [2.45, 2.75) is 19.5 Å². The van der Waals surface area contributed by atoms with E-state index in [9.17, 15) is 0 Å². The Bertz CT molecular complexity index is 1020. The van der Waals surface area contributed by atoms with Gasteiger partial charge in [-0.2, -0.15) is 4.98 Å². The first-order chi connectivity index (χ1) is 12.7. The molecule has 4 rings (SSSR count). The maximum atomic E-state index is 5.92. The van der Waals surface area contributed by atoms with Crippen LogP contribution >= 0.6 is 11.6 Å². The minimum atomic E-state index is 0.284. The Morgan fingerprint density at radius 3 is 2.62 bits per heavy atom. The fraction of sp³-hybridized carbons (Fsp3) is 0.143. The van der Waals surface area contributed by atoms with Crippen LogP contribution in [0, 0.1) is 0 Å². The van der Waals surface area contributed by atoms with Gasteiger partial charge in [-0.1, -0.05) is 59.2 Å². The highest BCUT2D eigenvalue weighted by Crippen LogP contribution is 2.22. The van der Waals surface area contributed by atoms with Gasteiger partial charge in [-0.15, -0.1) is 0 Å². The summed E-state index contributed by atoms with van der Waals surface area (Å²) in [5, 5.41) is 9.51. The van der Waals surface area contributed by atoms with Crippen molar-refractivity contribution in [2.24, 2.45) is 0 Å². The first kappa shape index (κ1) is 16.8. The highest BCUT2D eigenvalue weighted by molar-refractivity contribution is 6.30. The largest absolute Gasteiger partial charge is 0.333 e. The Kier molecular flexibility index (Phi) is 4.69. The van der Waals surface area contributed by atoms with E-state index in [1.807, 2.05) is 24.3 Å². The third kappa shape index (κ3) is 3.47. The topological polar surface area (TPSA) is 55.5 Å². The number of benzene rings is 3. The first-order valence-electron chi connectivity index (χ1n) is 8.60. The summed E-state index contributed by atoms with van der Waals surface area (Å²) in [5.41, 5.74) is 2.20. The molecule has 0 saturated heterocycles. The van der Waals surface area contributed by atoms with Crippen molar-refractivity contribution >= 4 is 22.4 Å². The second-order valence-electron chi connectivity index (χ2n) is 6.32. The molecule has 0 radical (unpaired) electrons. The second kappa shape index (κ2) is 7.28. The van der Waals surface area contributed by atoms with Crippen molar-refractivity contribution in [3.8, 4) is 11.4 Å². The van der Waals surface area contributed by atoms with Crippen LogP contribution in [0.3, 0.4) is 0 Å². The molecule has 1 aromatic heterocycles. The molecule has 3 aromatic carbocycles. The molecule has 0 saturated carbocycles. The summed E-state index contributed by atoms with van der Waals surface area (Å²) >= 11 is 5.92. The van der Waals surface area contributed by atoms with Gasteiger partial charge in [0.1, 0.15) is 6.04 Å². The van der Waals surface area contributed by atoms with Crippen LogP contribution in [-0.4, -0.2) is 10.1 Å². The van der Waals surface area contributed by atoms with E-state index in [1.165, 1.54) is 16.3 Å². The molecule has 0 unspecified atom stereocenters. The average Bonchev–Trinajstić information content (AvgIpc) is 3.15. The minimum absolute atomic E-state index is 0.284. The van der Waals surface area contributed by atoms with Gasteiger partial charge >= 0.3 is 0 Å². The van der Waals surface area contributed by atoms with E-state index in [1.54, 1.807) is 0 Å². The van der Waals surface area contributed by atoms with Gasteiger partial charge in [0.05, 0.1) is 0 Å². The van der Waals surface area contributed by atoms with Crippen molar-refractivity contribution < 1.29 is 9.84 Å². The van der Waals surface area contributed by atoms with Crippen molar-refractivity contribution in [1.82, 2.24) is 10.1 Å². The van der Waals surface area contributed by atoms with E-state index >= 15 is 0 Å². The van der Waals surface area contributed by atoms with E-state index < -0.39 is 0 Å². The number of hydrogen-bond acceptors (Lipinski definition) is 3. The van der Waals surface area contributed by atoms with Crippen molar-refractivity contribution in [2.75, 3.05) is 0 Å². The lowest BCUT2D eigenvalue weighted by Gasteiger charge is -2.12. The molecule has 0 aliphatic heterocycles. The highest BCUT2D eigenvalue weighted by Gasteiger charge is 2.15. The summed E-state index contributed by atoms with van der Waals surface area (Å²) < 4.78 is 5.40. The molecule has 130 valence electrons. The van der Waals surface area contributed by atoms with E-state index in [-0.39, 0.29) is 6.04 Å². The summed E-state index contributed by atoms with van der Waals surface area (Å²) in [7, 11) is 0. The van der Waals surface area contributed by atoms with E-state index in [4.69, 9.17) is 16.1 Å². The zero-order chi connectivity index (χ0) is 17.9. The van der Waals surface area contributed by atoms with Crippen LogP contribution < -0.4 is 5.32 Å². The van der Waals surface area contributed by atoms with Crippen LogP contribution in [0.15, 0.2) is 71.3 Å². The number of nitrogens with two attached hydrogens (primary N) is 1. The summed E-state index contributed by atoms with van der Waals surface area (Å²) in [6, 6.07) is 22.6. The Morgan fingerprint density at radius 2 is 1.77 bits per heavy atom. The third-order valence-electron chi connectivity index (χ3n) is 4.53. The van der Waals surface area contributed by atoms with Gasteiger partial charge in [0.15, 0.2) is 6.54 Å². The molecular formula is C21H19ClN3O+. The van der Waals surface area contributed by atoms with Gasteiger partial charge in [0.2, 0.25) is 5.82 Å². The van der Waals surface area contributed by atoms with Gasteiger partial charge in [0, 0.05) is 16.1 Å². The third-order valence-corrected chi connectivity index (χ3v) is 4.78. The predicted molar refractivity (Wildman–Crippen MR) is 103 cm³/mol. The Balaban J connectivity index is 1.48. The zero-order valence-electron chi connectivity index (χ0n) is 14.4. The summed E-state index contributed by atoms with van der Waals surface area (Å²) in [6.07, 6.45) is 0. The smallest absolute Gasteiger partial charge is 0.282 e. The van der Waals surface area contributed by atoms with Crippen molar-refractivity contribution in [3.05, 3.63) is 83.2 Å². The van der Waals surface area contributed by atoms with Gasteiger partial charge in [-0.05, 0) is 42.0 Å². The fourth-order valence-corrected chi connectivity index (χ4v) is 3.23. The lowest BCUT2D eigenvalue weighted by Crippen LogP contribution is -2.83. The molecule has 0 spiro atoms. The number of hydrogen-bond donors (Lipinski definition) is 1. The molecule has 1 atom stereocenters. The summed E-state index contributed by atoms with van der Waals surface area (Å²) in [6.45, 7) is 2.82. The maximum Gasteiger partial charge on any atom is 0.282 e. The summed E-state index contributed by atoms with van der Waals surface area (Å²) in [5.74, 6) is 1.20. The Hall–Kier alpha value is -2.69. The average molecular weight is 365 g/mol. The lowest BCUT2D eigenvalue weighted by atomic mass is 10.00. The molecule has 4 aromatic rings. The van der Waals surface area contributed by atoms with E-state index in [0.29, 0.717) is 23.3 Å². The highest BCUT2D eigenvalue weighted by atomic mass is 35.5. The molecule has 5 heteroatoms. The first-order valence-corrected chi connectivity index (χ1v) is 8.98. The molecule has 1 heterocycles. The Labute approximate surface area is 156 Å². The predicted octanol–water partition coefficient (Wildman–Crippen LogP) is 4.37. The van der Waals surface area contributed by atoms with Gasteiger partial charge in [-0.25, -0.2) is 0 Å². The van der Waals surface area contributed by atoms with Crippen molar-refractivity contribution in [1.29, 1.82) is 0 Å². The number of nitrogens with zero attached hydrogens (tertiary/aromatic N) is 2. The van der Waals surface area contributed by atoms with Crippen LogP contribution in [-0.2, 0) is 6.54 Å².